The summed E-state index contributed by atoms with van der Waals surface area (Å²) in [4.78, 5) is 4.56. The fraction of sp³-hybridized carbons (Fsp3) is 0.667. The largest absolute Gasteiger partial charge is 0.245 e. The molecule has 0 fully saturated rings. The van der Waals surface area contributed by atoms with E-state index < -0.39 is 0 Å². The molecule has 98 valence electrons. The Morgan fingerprint density at radius 2 is 1.76 bits per heavy atom. The quantitative estimate of drug-likeness (QED) is 0.444. The molecule has 0 aromatic carbocycles. The van der Waals surface area contributed by atoms with Crippen LogP contribution >= 0.6 is 11.6 Å². The molecule has 17 heavy (non-hydrogen) atoms. The lowest BCUT2D eigenvalue weighted by atomic mass is 9.92. The Bertz CT molecular complexity index is 311. The van der Waals surface area contributed by atoms with Gasteiger partial charge in [-0.1, -0.05) is 58.9 Å². The number of halogens is 1. The fourth-order valence-electron chi connectivity index (χ4n) is 1.21. The first kappa shape index (κ1) is 16.4. The Balaban J connectivity index is 5.06. The first-order valence-corrected chi connectivity index (χ1v) is 6.73. The summed E-state index contributed by atoms with van der Waals surface area (Å²) in [7, 11) is 0. The van der Waals surface area contributed by atoms with Crippen LogP contribution in [-0.4, -0.2) is 5.17 Å². The summed E-state index contributed by atoms with van der Waals surface area (Å²) in [6.45, 7) is 16.7. The Morgan fingerprint density at radius 1 is 1.24 bits per heavy atom. The zero-order chi connectivity index (χ0) is 13.6. The van der Waals surface area contributed by atoms with Crippen molar-refractivity contribution in [1.29, 1.82) is 0 Å². The molecule has 0 saturated carbocycles. The van der Waals surface area contributed by atoms with Gasteiger partial charge in [-0.25, -0.2) is 4.99 Å². The highest BCUT2D eigenvalue weighted by Gasteiger charge is 2.12. The molecule has 0 amide bonds. The van der Waals surface area contributed by atoms with Gasteiger partial charge in [-0.3, -0.25) is 0 Å². The fourth-order valence-corrected chi connectivity index (χ4v) is 1.31. The summed E-state index contributed by atoms with van der Waals surface area (Å²) < 4.78 is 0. The molecule has 0 saturated heterocycles. The van der Waals surface area contributed by atoms with E-state index in [0.29, 0.717) is 17.0 Å². The molecule has 0 aliphatic carbocycles. The normalized spacial score (nSPS) is 16.2. The van der Waals surface area contributed by atoms with Gasteiger partial charge in [0.2, 0.25) is 0 Å². The van der Waals surface area contributed by atoms with Crippen LogP contribution in [0.2, 0.25) is 0 Å². The molecule has 0 aliphatic rings. The maximum atomic E-state index is 6.16. The summed E-state index contributed by atoms with van der Waals surface area (Å²) in [5.41, 5.74) is 2.19. The van der Waals surface area contributed by atoms with Gasteiger partial charge in [0.05, 0.1) is 0 Å². The summed E-state index contributed by atoms with van der Waals surface area (Å²) in [5, 5.41) is 0.678. The molecule has 0 radical (unpaired) electrons. The minimum absolute atomic E-state index is 0.277. The lowest BCUT2D eigenvalue weighted by Crippen LogP contribution is -2.07. The molecule has 1 nitrogen and oxygen atoms in total. The second-order valence-corrected chi connectivity index (χ2v) is 5.74. The molecular formula is C15H26ClN. The average Bonchev–Trinajstić information content (AvgIpc) is 2.26. The summed E-state index contributed by atoms with van der Waals surface area (Å²) in [6.07, 6.45) is 2.81. The van der Waals surface area contributed by atoms with E-state index in [2.05, 4.69) is 46.2 Å². The molecule has 2 heteroatoms. The first-order valence-electron chi connectivity index (χ1n) is 6.35. The second kappa shape index (κ2) is 7.71. The molecule has 0 rings (SSSR count). The van der Waals surface area contributed by atoms with Crippen LogP contribution in [0.15, 0.2) is 28.9 Å². The van der Waals surface area contributed by atoms with Crippen molar-refractivity contribution in [2.45, 2.75) is 48.0 Å². The van der Waals surface area contributed by atoms with Gasteiger partial charge in [0.15, 0.2) is 0 Å². The molecule has 1 atom stereocenters. The van der Waals surface area contributed by atoms with E-state index in [9.17, 15) is 0 Å². The van der Waals surface area contributed by atoms with Crippen molar-refractivity contribution in [1.82, 2.24) is 0 Å². The lowest BCUT2D eigenvalue weighted by molar-refractivity contribution is 0.414. The topological polar surface area (TPSA) is 12.4 Å². The van der Waals surface area contributed by atoms with E-state index in [0.717, 1.165) is 17.7 Å². The number of nitrogens with zero attached hydrogens (tertiary/aromatic N) is 1. The molecule has 0 aliphatic heterocycles. The smallest absolute Gasteiger partial charge is 0.109 e. The van der Waals surface area contributed by atoms with Crippen LogP contribution in [-0.2, 0) is 0 Å². The molecule has 0 spiro atoms. The van der Waals surface area contributed by atoms with Crippen LogP contribution in [0.5, 0.6) is 0 Å². The van der Waals surface area contributed by atoms with Crippen LogP contribution in [0, 0.1) is 17.8 Å². The van der Waals surface area contributed by atoms with Gasteiger partial charge in [-0.2, -0.15) is 0 Å². The molecular weight excluding hydrogens is 230 g/mol. The van der Waals surface area contributed by atoms with E-state index in [4.69, 9.17) is 11.6 Å². The monoisotopic (exact) mass is 255 g/mol. The van der Waals surface area contributed by atoms with Gasteiger partial charge in [0, 0.05) is 11.6 Å². The van der Waals surface area contributed by atoms with Crippen molar-refractivity contribution in [3.05, 3.63) is 23.9 Å². The standard InChI is InChI=1S/C15H26ClN/c1-8-12(6)14(9-13(7)10(2)3)17-15(16)11(4)5/h8,10-11,13H,1,9H2,2-7H3/b14-12-,17-15?. The van der Waals surface area contributed by atoms with Gasteiger partial charge in [0.25, 0.3) is 0 Å². The third kappa shape index (κ3) is 6.07. The molecule has 0 aromatic rings. The zero-order valence-electron chi connectivity index (χ0n) is 12.0. The second-order valence-electron chi connectivity index (χ2n) is 5.35. The van der Waals surface area contributed by atoms with Crippen LogP contribution in [0.4, 0.5) is 0 Å². The molecule has 0 aromatic heterocycles. The maximum Gasteiger partial charge on any atom is 0.109 e. The number of aliphatic imine (C=N–C) groups is 1. The predicted octanol–water partition coefficient (Wildman–Crippen LogP) is 5.42. The highest BCUT2D eigenvalue weighted by Crippen LogP contribution is 2.24. The van der Waals surface area contributed by atoms with Crippen molar-refractivity contribution < 1.29 is 0 Å². The van der Waals surface area contributed by atoms with E-state index in [1.807, 2.05) is 13.0 Å². The highest BCUT2D eigenvalue weighted by molar-refractivity contribution is 6.65. The molecule has 0 bridgehead atoms. The Hall–Kier alpha value is -0.560. The van der Waals surface area contributed by atoms with Crippen LogP contribution in [0.25, 0.3) is 0 Å². The minimum atomic E-state index is 0.277. The summed E-state index contributed by atoms with van der Waals surface area (Å²) >= 11 is 6.16. The van der Waals surface area contributed by atoms with Crippen LogP contribution in [0.1, 0.15) is 48.0 Å². The molecule has 0 heterocycles. The van der Waals surface area contributed by atoms with E-state index in [1.165, 1.54) is 0 Å². The number of rotatable bonds is 6. The number of allylic oxidation sites excluding steroid dienone is 3. The third-order valence-electron chi connectivity index (χ3n) is 3.13. The Kier molecular flexibility index (Phi) is 7.45. The Labute approximate surface area is 112 Å². The van der Waals surface area contributed by atoms with Crippen LogP contribution < -0.4 is 0 Å². The van der Waals surface area contributed by atoms with Crippen molar-refractivity contribution in [2.24, 2.45) is 22.7 Å². The number of hydrogen-bond acceptors (Lipinski definition) is 1. The number of hydrogen-bond donors (Lipinski definition) is 0. The van der Waals surface area contributed by atoms with E-state index in [1.54, 1.807) is 0 Å². The van der Waals surface area contributed by atoms with Gasteiger partial charge in [-0.15, -0.1) is 0 Å². The molecule has 1 unspecified atom stereocenters. The van der Waals surface area contributed by atoms with Gasteiger partial charge < -0.3 is 0 Å². The minimum Gasteiger partial charge on any atom is -0.245 e. The lowest BCUT2D eigenvalue weighted by Gasteiger charge is -2.17. The van der Waals surface area contributed by atoms with E-state index >= 15 is 0 Å². The summed E-state index contributed by atoms with van der Waals surface area (Å²) in [6, 6.07) is 0. The third-order valence-corrected chi connectivity index (χ3v) is 3.65. The zero-order valence-corrected chi connectivity index (χ0v) is 12.8. The van der Waals surface area contributed by atoms with Gasteiger partial charge in [-0.05, 0) is 30.8 Å². The summed E-state index contributed by atoms with van der Waals surface area (Å²) in [5.74, 6) is 1.52. The van der Waals surface area contributed by atoms with Gasteiger partial charge >= 0.3 is 0 Å². The predicted molar refractivity (Wildman–Crippen MR) is 79.6 cm³/mol. The Morgan fingerprint density at radius 3 is 2.12 bits per heavy atom. The molecule has 0 N–H and O–H groups in total. The highest BCUT2D eigenvalue weighted by atomic mass is 35.5. The van der Waals surface area contributed by atoms with Gasteiger partial charge in [0.1, 0.15) is 5.17 Å². The van der Waals surface area contributed by atoms with Crippen molar-refractivity contribution in [3.63, 3.8) is 0 Å². The van der Waals surface area contributed by atoms with Crippen LogP contribution in [0.3, 0.4) is 0 Å². The van der Waals surface area contributed by atoms with Crippen molar-refractivity contribution in [2.75, 3.05) is 0 Å². The van der Waals surface area contributed by atoms with Crippen molar-refractivity contribution in [3.8, 4) is 0 Å². The average molecular weight is 256 g/mol. The van der Waals surface area contributed by atoms with E-state index in [-0.39, 0.29) is 5.92 Å². The first-order chi connectivity index (χ1) is 7.79. The SMILES string of the molecule is C=C/C(C)=C(/CC(C)C(C)C)N=C(Cl)C(C)C. The maximum absolute atomic E-state index is 6.16. The van der Waals surface area contributed by atoms with Crippen molar-refractivity contribution >= 4 is 16.8 Å².